The van der Waals surface area contributed by atoms with Gasteiger partial charge in [-0.2, -0.15) is 0 Å². The lowest BCUT2D eigenvalue weighted by atomic mass is 10.1. The van der Waals surface area contributed by atoms with Crippen molar-refractivity contribution in [3.8, 4) is 28.7 Å². The molecule has 0 aliphatic carbocycles. The zero-order valence-electron chi connectivity index (χ0n) is 13.9. The fourth-order valence-corrected chi connectivity index (χ4v) is 2.70. The van der Waals surface area contributed by atoms with Gasteiger partial charge in [-0.3, -0.25) is 0 Å². The zero-order chi connectivity index (χ0) is 17.7. The first kappa shape index (κ1) is 18.0. The van der Waals surface area contributed by atoms with Crippen LogP contribution in [-0.2, 0) is 0 Å². The molecule has 0 saturated carbocycles. The van der Waals surface area contributed by atoms with E-state index in [2.05, 4.69) is 15.9 Å². The van der Waals surface area contributed by atoms with Gasteiger partial charge in [0.2, 0.25) is 5.75 Å². The molecule has 0 aromatic heterocycles. The van der Waals surface area contributed by atoms with E-state index in [1.165, 1.54) is 7.11 Å². The molecule has 1 N–H and O–H groups in total. The summed E-state index contributed by atoms with van der Waals surface area (Å²) in [5.74, 6) is 2.16. The summed E-state index contributed by atoms with van der Waals surface area (Å²) >= 11 is 3.37. The molecule has 128 valence electrons. The molecule has 0 heterocycles. The van der Waals surface area contributed by atoms with E-state index in [9.17, 15) is 5.11 Å². The highest BCUT2D eigenvalue weighted by Gasteiger charge is 2.12. The number of phenolic OH excluding ortho intramolecular Hbond substituents is 1. The molecule has 2 aromatic carbocycles. The van der Waals surface area contributed by atoms with Crippen LogP contribution >= 0.6 is 15.9 Å². The van der Waals surface area contributed by atoms with Crippen LogP contribution in [0, 0.1) is 0 Å². The van der Waals surface area contributed by atoms with Crippen molar-refractivity contribution in [3.05, 3.63) is 39.9 Å². The van der Waals surface area contributed by atoms with Crippen LogP contribution in [0.3, 0.4) is 0 Å². The van der Waals surface area contributed by atoms with E-state index in [1.807, 2.05) is 30.4 Å². The molecule has 0 atom stereocenters. The summed E-state index contributed by atoms with van der Waals surface area (Å²) in [5.41, 5.74) is 1.67. The van der Waals surface area contributed by atoms with Gasteiger partial charge in [-0.15, -0.1) is 0 Å². The Hall–Kier alpha value is -2.34. The van der Waals surface area contributed by atoms with Crippen molar-refractivity contribution in [1.82, 2.24) is 0 Å². The fraction of sp³-hybridized carbons (Fsp3) is 0.222. The highest BCUT2D eigenvalue weighted by molar-refractivity contribution is 9.10. The van der Waals surface area contributed by atoms with Crippen LogP contribution in [0.15, 0.2) is 28.7 Å². The maximum Gasteiger partial charge on any atom is 0.203 e. The number of rotatable bonds is 6. The molecular weight excluding hydrogens is 376 g/mol. The van der Waals surface area contributed by atoms with Gasteiger partial charge in [-0.05, 0) is 51.3 Å². The SMILES string of the molecule is COc1ccc(C=Cc2cc(OC)c(OC)c(OC)c2)c(Br)c1O. The number of hydrogen-bond donors (Lipinski definition) is 1. The molecule has 0 unspecified atom stereocenters. The van der Waals surface area contributed by atoms with Gasteiger partial charge in [-0.1, -0.05) is 12.2 Å². The van der Waals surface area contributed by atoms with Crippen molar-refractivity contribution in [2.45, 2.75) is 0 Å². The molecule has 0 radical (unpaired) electrons. The van der Waals surface area contributed by atoms with Gasteiger partial charge in [0.1, 0.15) is 0 Å². The van der Waals surface area contributed by atoms with E-state index in [-0.39, 0.29) is 5.75 Å². The van der Waals surface area contributed by atoms with E-state index in [1.54, 1.807) is 27.4 Å². The Morgan fingerprint density at radius 1 is 0.833 bits per heavy atom. The van der Waals surface area contributed by atoms with Crippen molar-refractivity contribution in [2.75, 3.05) is 28.4 Å². The second-order valence-electron chi connectivity index (χ2n) is 4.81. The van der Waals surface area contributed by atoms with Crippen molar-refractivity contribution >= 4 is 28.1 Å². The third kappa shape index (κ3) is 3.59. The normalized spacial score (nSPS) is 10.7. The summed E-state index contributed by atoms with van der Waals surface area (Å²) in [4.78, 5) is 0. The monoisotopic (exact) mass is 394 g/mol. The Kier molecular flexibility index (Phi) is 5.98. The molecule has 0 fully saturated rings. The minimum atomic E-state index is 0.0598. The van der Waals surface area contributed by atoms with Crippen molar-refractivity contribution in [2.24, 2.45) is 0 Å². The topological polar surface area (TPSA) is 57.2 Å². The highest BCUT2D eigenvalue weighted by atomic mass is 79.9. The number of halogens is 1. The maximum absolute atomic E-state index is 10.0. The van der Waals surface area contributed by atoms with Gasteiger partial charge in [0, 0.05) is 0 Å². The number of aromatic hydroxyl groups is 1. The molecule has 0 aliphatic heterocycles. The van der Waals surface area contributed by atoms with Gasteiger partial charge < -0.3 is 24.1 Å². The smallest absolute Gasteiger partial charge is 0.203 e. The standard InChI is InChI=1S/C18H19BrO5/c1-21-13-8-7-12(16(19)17(13)20)6-5-11-9-14(22-2)18(24-4)15(10-11)23-3/h5-10,20H,1-4H3. The minimum absolute atomic E-state index is 0.0598. The van der Waals surface area contributed by atoms with E-state index in [0.29, 0.717) is 27.5 Å². The summed E-state index contributed by atoms with van der Waals surface area (Å²) < 4.78 is 21.6. The first-order valence-corrected chi connectivity index (χ1v) is 7.88. The molecule has 6 heteroatoms. The Morgan fingerprint density at radius 2 is 1.42 bits per heavy atom. The number of methoxy groups -OCH3 is 4. The molecule has 2 rings (SSSR count). The van der Waals surface area contributed by atoms with Crippen molar-refractivity contribution in [3.63, 3.8) is 0 Å². The summed E-state index contributed by atoms with van der Waals surface area (Å²) in [5, 5.41) is 10.0. The molecule has 0 bridgehead atoms. The van der Waals surface area contributed by atoms with Crippen molar-refractivity contribution in [1.29, 1.82) is 0 Å². The van der Waals surface area contributed by atoms with Crippen LogP contribution in [0.25, 0.3) is 12.2 Å². The second-order valence-corrected chi connectivity index (χ2v) is 5.60. The van der Waals surface area contributed by atoms with Crippen LogP contribution in [0.4, 0.5) is 0 Å². The van der Waals surface area contributed by atoms with Gasteiger partial charge in [0.15, 0.2) is 23.0 Å². The average molecular weight is 395 g/mol. The number of ether oxygens (including phenoxy) is 4. The lowest BCUT2D eigenvalue weighted by Gasteiger charge is -2.13. The van der Waals surface area contributed by atoms with Crippen LogP contribution in [0.1, 0.15) is 11.1 Å². The lowest BCUT2D eigenvalue weighted by Crippen LogP contribution is -1.95. The van der Waals surface area contributed by atoms with Gasteiger partial charge >= 0.3 is 0 Å². The summed E-state index contributed by atoms with van der Waals surface area (Å²) in [6.45, 7) is 0. The molecule has 0 amide bonds. The largest absolute Gasteiger partial charge is 0.503 e. The first-order chi connectivity index (χ1) is 11.5. The van der Waals surface area contributed by atoms with Crippen LogP contribution in [0.5, 0.6) is 28.7 Å². The molecule has 0 saturated heterocycles. The molecule has 2 aromatic rings. The molecule has 0 spiro atoms. The number of hydrogen-bond acceptors (Lipinski definition) is 5. The fourth-order valence-electron chi connectivity index (χ4n) is 2.24. The van der Waals surface area contributed by atoms with E-state index < -0.39 is 0 Å². The summed E-state index contributed by atoms with van der Waals surface area (Å²) in [6.07, 6.45) is 3.75. The maximum atomic E-state index is 10.0. The first-order valence-electron chi connectivity index (χ1n) is 7.09. The molecular formula is C18H19BrO5. The predicted octanol–water partition coefficient (Wildman–Crippen LogP) is 4.36. The van der Waals surface area contributed by atoms with Crippen LogP contribution < -0.4 is 18.9 Å². The summed E-state index contributed by atoms with van der Waals surface area (Å²) in [7, 11) is 6.21. The molecule has 0 aliphatic rings. The Morgan fingerprint density at radius 3 is 1.92 bits per heavy atom. The average Bonchev–Trinajstić information content (AvgIpc) is 2.61. The van der Waals surface area contributed by atoms with Gasteiger partial charge in [0.05, 0.1) is 32.9 Å². The van der Waals surface area contributed by atoms with Crippen LogP contribution in [-0.4, -0.2) is 33.5 Å². The van der Waals surface area contributed by atoms with E-state index in [0.717, 1.165) is 11.1 Å². The lowest BCUT2D eigenvalue weighted by molar-refractivity contribution is 0.324. The summed E-state index contributed by atoms with van der Waals surface area (Å²) in [6, 6.07) is 7.23. The quantitative estimate of drug-likeness (QED) is 0.737. The third-order valence-electron chi connectivity index (χ3n) is 3.47. The Bertz CT molecular complexity index is 730. The van der Waals surface area contributed by atoms with Crippen LogP contribution in [0.2, 0.25) is 0 Å². The van der Waals surface area contributed by atoms with Gasteiger partial charge in [-0.25, -0.2) is 0 Å². The Balaban J connectivity index is 2.41. The highest BCUT2D eigenvalue weighted by Crippen LogP contribution is 2.40. The molecule has 5 nitrogen and oxygen atoms in total. The van der Waals surface area contributed by atoms with E-state index >= 15 is 0 Å². The predicted molar refractivity (Wildman–Crippen MR) is 97.4 cm³/mol. The molecule has 24 heavy (non-hydrogen) atoms. The zero-order valence-corrected chi connectivity index (χ0v) is 15.5. The second kappa shape index (κ2) is 7.97. The number of phenols is 1. The Labute approximate surface area is 149 Å². The minimum Gasteiger partial charge on any atom is -0.503 e. The van der Waals surface area contributed by atoms with Crippen molar-refractivity contribution < 1.29 is 24.1 Å². The number of benzene rings is 2. The third-order valence-corrected chi connectivity index (χ3v) is 4.30. The van der Waals surface area contributed by atoms with E-state index in [4.69, 9.17) is 18.9 Å². The van der Waals surface area contributed by atoms with Gasteiger partial charge in [0.25, 0.3) is 0 Å².